The molecule has 0 saturated carbocycles. The average molecular weight is 407 g/mol. The molecule has 0 spiro atoms. The van der Waals surface area contributed by atoms with Crippen molar-refractivity contribution in [2.75, 3.05) is 5.32 Å². The van der Waals surface area contributed by atoms with Gasteiger partial charge in [0.25, 0.3) is 5.89 Å². The van der Waals surface area contributed by atoms with E-state index >= 15 is 0 Å². The lowest BCUT2D eigenvalue weighted by molar-refractivity contribution is -0.117. The van der Waals surface area contributed by atoms with Crippen molar-refractivity contribution in [2.45, 2.75) is 13.5 Å². The number of carbonyl (C=O) groups is 1. The number of nitrogens with one attached hydrogen (secondary N) is 1. The molecule has 0 aliphatic heterocycles. The molecular weight excluding hydrogens is 390 g/mol. The Bertz CT molecular complexity index is 1180. The Balaban J connectivity index is 1.38. The van der Waals surface area contributed by atoms with Crippen LogP contribution in [0.2, 0.25) is 0 Å². The maximum Gasteiger partial charge on any atom is 0.437 e. The number of nitrogens with zero attached hydrogens (tertiary/aromatic N) is 2. The zero-order valence-corrected chi connectivity index (χ0v) is 16.3. The standard InChI is InChI=1S/C21H17N3O4S/c1-14-4-2-5-17(12-14)27-16-9-7-15(8-10-16)22-19(25)13-24-21(26)28-20(23-24)18-6-3-11-29-18/h2-12H,13H2,1H3,(H,22,25). The van der Waals surface area contributed by atoms with E-state index in [0.717, 1.165) is 20.9 Å². The Morgan fingerprint density at radius 3 is 2.69 bits per heavy atom. The fraction of sp³-hybridized carbons (Fsp3) is 0.0952. The van der Waals surface area contributed by atoms with E-state index in [2.05, 4.69) is 10.4 Å². The van der Waals surface area contributed by atoms with Crippen molar-refractivity contribution in [3.05, 3.63) is 82.2 Å². The van der Waals surface area contributed by atoms with Gasteiger partial charge in [-0.05, 0) is 60.3 Å². The third kappa shape index (κ3) is 4.61. The molecule has 2 heterocycles. The molecule has 0 radical (unpaired) electrons. The van der Waals surface area contributed by atoms with Crippen LogP contribution in [0.1, 0.15) is 5.56 Å². The number of amides is 1. The molecule has 4 rings (SSSR count). The van der Waals surface area contributed by atoms with Gasteiger partial charge in [0.05, 0.1) is 4.88 Å². The normalized spacial score (nSPS) is 10.7. The van der Waals surface area contributed by atoms with Gasteiger partial charge in [0.15, 0.2) is 0 Å². The third-order valence-electron chi connectivity index (χ3n) is 3.99. The average Bonchev–Trinajstić information content (AvgIpc) is 3.34. The van der Waals surface area contributed by atoms with Crippen LogP contribution in [-0.2, 0) is 11.3 Å². The summed E-state index contributed by atoms with van der Waals surface area (Å²) in [5, 5.41) is 8.65. The predicted molar refractivity (Wildman–Crippen MR) is 110 cm³/mol. The molecule has 8 heteroatoms. The van der Waals surface area contributed by atoms with E-state index in [1.807, 2.05) is 42.6 Å². The highest BCUT2D eigenvalue weighted by Gasteiger charge is 2.14. The van der Waals surface area contributed by atoms with Gasteiger partial charge in [-0.3, -0.25) is 4.79 Å². The van der Waals surface area contributed by atoms with Crippen molar-refractivity contribution in [2.24, 2.45) is 0 Å². The van der Waals surface area contributed by atoms with Gasteiger partial charge < -0.3 is 14.5 Å². The molecule has 0 saturated heterocycles. The molecule has 0 fully saturated rings. The summed E-state index contributed by atoms with van der Waals surface area (Å²) in [5.41, 5.74) is 1.69. The van der Waals surface area contributed by atoms with E-state index in [1.165, 1.54) is 11.3 Å². The maximum absolute atomic E-state index is 12.3. The Morgan fingerprint density at radius 2 is 1.97 bits per heavy atom. The Labute approximate surface area is 170 Å². The SMILES string of the molecule is Cc1cccc(Oc2ccc(NC(=O)Cn3nc(-c4cccs4)oc3=O)cc2)c1. The summed E-state index contributed by atoms with van der Waals surface area (Å²) in [5.74, 6) is 0.544. The largest absolute Gasteiger partial charge is 0.457 e. The molecule has 7 nitrogen and oxygen atoms in total. The molecule has 0 atom stereocenters. The predicted octanol–water partition coefficient (Wildman–Crippen LogP) is 4.30. The van der Waals surface area contributed by atoms with E-state index in [4.69, 9.17) is 9.15 Å². The highest BCUT2D eigenvalue weighted by Crippen LogP contribution is 2.24. The molecule has 29 heavy (non-hydrogen) atoms. The molecule has 0 aliphatic rings. The number of aryl methyl sites for hydroxylation is 1. The highest BCUT2D eigenvalue weighted by molar-refractivity contribution is 7.13. The van der Waals surface area contributed by atoms with Gasteiger partial charge in [0.1, 0.15) is 18.0 Å². The summed E-state index contributed by atoms with van der Waals surface area (Å²) in [4.78, 5) is 24.9. The lowest BCUT2D eigenvalue weighted by Crippen LogP contribution is -2.25. The minimum Gasteiger partial charge on any atom is -0.457 e. The fourth-order valence-corrected chi connectivity index (χ4v) is 3.31. The van der Waals surface area contributed by atoms with Crippen LogP contribution in [0.5, 0.6) is 11.5 Å². The first kappa shape index (κ1) is 18.7. The second-order valence-electron chi connectivity index (χ2n) is 6.30. The summed E-state index contributed by atoms with van der Waals surface area (Å²) in [7, 11) is 0. The number of ether oxygens (including phenoxy) is 1. The number of hydrogen-bond donors (Lipinski definition) is 1. The first-order valence-corrected chi connectivity index (χ1v) is 9.71. The number of thiophene rings is 1. The van der Waals surface area contributed by atoms with E-state index in [9.17, 15) is 9.59 Å². The van der Waals surface area contributed by atoms with E-state index in [1.54, 1.807) is 30.3 Å². The Kier molecular flexibility index (Phi) is 5.26. The smallest absolute Gasteiger partial charge is 0.437 e. The highest BCUT2D eigenvalue weighted by atomic mass is 32.1. The minimum atomic E-state index is -0.676. The van der Waals surface area contributed by atoms with Crippen LogP contribution in [-0.4, -0.2) is 15.7 Å². The quantitative estimate of drug-likeness (QED) is 0.515. The van der Waals surface area contributed by atoms with E-state index in [-0.39, 0.29) is 18.3 Å². The van der Waals surface area contributed by atoms with Gasteiger partial charge in [-0.1, -0.05) is 18.2 Å². The summed E-state index contributed by atoms with van der Waals surface area (Å²) >= 11 is 1.40. The van der Waals surface area contributed by atoms with Crippen LogP contribution in [0.25, 0.3) is 10.8 Å². The molecular formula is C21H17N3O4S. The summed E-state index contributed by atoms with van der Waals surface area (Å²) in [6, 6.07) is 18.3. The van der Waals surface area contributed by atoms with Crippen LogP contribution in [0.15, 0.2) is 75.3 Å². The second kappa shape index (κ2) is 8.15. The van der Waals surface area contributed by atoms with Crippen molar-refractivity contribution < 1.29 is 13.9 Å². The van der Waals surface area contributed by atoms with E-state index in [0.29, 0.717) is 11.4 Å². The number of hydrogen-bond acceptors (Lipinski definition) is 6. The van der Waals surface area contributed by atoms with Gasteiger partial charge >= 0.3 is 5.76 Å². The first-order chi connectivity index (χ1) is 14.1. The van der Waals surface area contributed by atoms with Gasteiger partial charge in [0, 0.05) is 5.69 Å². The number of aromatic nitrogens is 2. The van der Waals surface area contributed by atoms with Crippen LogP contribution in [0.3, 0.4) is 0 Å². The summed E-state index contributed by atoms with van der Waals surface area (Å²) in [6.07, 6.45) is 0. The lowest BCUT2D eigenvalue weighted by Gasteiger charge is -2.08. The van der Waals surface area contributed by atoms with Gasteiger partial charge in [-0.15, -0.1) is 16.4 Å². The molecule has 0 aliphatic carbocycles. The monoisotopic (exact) mass is 407 g/mol. The topological polar surface area (TPSA) is 86.4 Å². The zero-order chi connectivity index (χ0) is 20.2. The fourth-order valence-electron chi connectivity index (χ4n) is 2.66. The van der Waals surface area contributed by atoms with Gasteiger partial charge in [0.2, 0.25) is 5.91 Å². The zero-order valence-electron chi connectivity index (χ0n) is 15.5. The first-order valence-electron chi connectivity index (χ1n) is 8.83. The Hall–Kier alpha value is -3.65. The molecule has 4 aromatic rings. The molecule has 1 N–H and O–H groups in total. The molecule has 0 bridgehead atoms. The van der Waals surface area contributed by atoms with Crippen molar-refractivity contribution in [3.63, 3.8) is 0 Å². The molecule has 0 unspecified atom stereocenters. The molecule has 2 aromatic heterocycles. The van der Waals surface area contributed by atoms with Crippen LogP contribution in [0, 0.1) is 6.92 Å². The van der Waals surface area contributed by atoms with Crippen LogP contribution < -0.4 is 15.8 Å². The minimum absolute atomic E-state index is 0.204. The summed E-state index contributed by atoms with van der Waals surface area (Å²) in [6.45, 7) is 1.75. The number of benzene rings is 2. The number of anilines is 1. The van der Waals surface area contributed by atoms with Crippen molar-refractivity contribution in [1.29, 1.82) is 0 Å². The lowest BCUT2D eigenvalue weighted by atomic mass is 10.2. The molecule has 146 valence electrons. The summed E-state index contributed by atoms with van der Waals surface area (Å²) < 4.78 is 11.9. The van der Waals surface area contributed by atoms with Gasteiger partial charge in [-0.25, -0.2) is 4.79 Å². The maximum atomic E-state index is 12.3. The van der Waals surface area contributed by atoms with Crippen LogP contribution >= 0.6 is 11.3 Å². The van der Waals surface area contributed by atoms with E-state index < -0.39 is 5.76 Å². The molecule has 2 aromatic carbocycles. The van der Waals surface area contributed by atoms with Crippen molar-refractivity contribution in [3.8, 4) is 22.3 Å². The van der Waals surface area contributed by atoms with Crippen molar-refractivity contribution in [1.82, 2.24) is 9.78 Å². The number of carbonyl (C=O) groups excluding carboxylic acids is 1. The number of rotatable bonds is 6. The third-order valence-corrected chi connectivity index (χ3v) is 4.85. The molecule has 1 amide bonds. The van der Waals surface area contributed by atoms with Crippen LogP contribution in [0.4, 0.5) is 5.69 Å². The van der Waals surface area contributed by atoms with Crippen molar-refractivity contribution >= 4 is 22.9 Å². The van der Waals surface area contributed by atoms with Gasteiger partial charge in [-0.2, -0.15) is 4.68 Å². The Morgan fingerprint density at radius 1 is 1.14 bits per heavy atom. The second-order valence-corrected chi connectivity index (χ2v) is 7.25.